The van der Waals surface area contributed by atoms with Crippen LogP contribution in [0.1, 0.15) is 20.7 Å². The van der Waals surface area contributed by atoms with E-state index >= 15 is 0 Å². The number of para-hydroxylation sites is 1. The van der Waals surface area contributed by atoms with E-state index in [1.54, 1.807) is 24.3 Å². The first-order valence-corrected chi connectivity index (χ1v) is 10.8. The zero-order valence-corrected chi connectivity index (χ0v) is 17.1. The molecule has 30 heavy (non-hydrogen) atoms. The summed E-state index contributed by atoms with van der Waals surface area (Å²) in [7, 11) is -2.36. The van der Waals surface area contributed by atoms with Crippen LogP contribution < -0.4 is 0 Å². The zero-order chi connectivity index (χ0) is 21.3. The maximum Gasteiger partial charge on any atom is 0.340 e. The molecule has 0 unspecified atom stereocenters. The Hall–Kier alpha value is -3.01. The Morgan fingerprint density at radius 3 is 2.33 bits per heavy atom. The molecule has 2 aromatic carbocycles. The standard InChI is InChI=1S/C21H20N2O6S/c1-28-21(25)18-14-23(19-5-3-2-4-17(18)19)20(24)15-6-8-16(9-7-15)30(26,27)22-10-12-29-13-11-22/h2-9,14H,10-13H2,1H3. The number of methoxy groups -OCH3 is 1. The molecule has 9 heteroatoms. The summed E-state index contributed by atoms with van der Waals surface area (Å²) in [5.74, 6) is -0.915. The Kier molecular flexibility index (Phi) is 5.42. The van der Waals surface area contributed by atoms with Crippen LogP contribution in [0.2, 0.25) is 0 Å². The minimum Gasteiger partial charge on any atom is -0.465 e. The minimum absolute atomic E-state index is 0.119. The second-order valence-electron chi connectivity index (χ2n) is 6.77. The first kappa shape index (κ1) is 20.3. The molecule has 0 bridgehead atoms. The van der Waals surface area contributed by atoms with Crippen LogP contribution >= 0.6 is 0 Å². The van der Waals surface area contributed by atoms with Gasteiger partial charge in [-0.15, -0.1) is 0 Å². The molecule has 1 aliphatic rings. The topological polar surface area (TPSA) is 94.9 Å². The van der Waals surface area contributed by atoms with Crippen molar-refractivity contribution in [1.82, 2.24) is 8.87 Å². The third-order valence-corrected chi connectivity index (χ3v) is 6.96. The molecule has 0 atom stereocenters. The van der Waals surface area contributed by atoms with Gasteiger partial charge >= 0.3 is 5.97 Å². The Morgan fingerprint density at radius 1 is 1.00 bits per heavy atom. The number of fused-ring (bicyclic) bond motifs is 1. The molecule has 156 valence electrons. The summed E-state index contributed by atoms with van der Waals surface area (Å²) < 4.78 is 38.3. The molecular formula is C21H20N2O6S. The van der Waals surface area contributed by atoms with E-state index in [4.69, 9.17) is 9.47 Å². The maximum atomic E-state index is 13.1. The third kappa shape index (κ3) is 3.51. The van der Waals surface area contributed by atoms with Crippen molar-refractivity contribution >= 4 is 32.8 Å². The average molecular weight is 428 g/mol. The van der Waals surface area contributed by atoms with Crippen LogP contribution in [0, 0.1) is 0 Å². The highest BCUT2D eigenvalue weighted by atomic mass is 32.2. The van der Waals surface area contributed by atoms with Gasteiger partial charge in [0.1, 0.15) is 0 Å². The zero-order valence-electron chi connectivity index (χ0n) is 16.3. The summed E-state index contributed by atoms with van der Waals surface area (Å²) in [4.78, 5) is 25.3. The highest BCUT2D eigenvalue weighted by Gasteiger charge is 2.26. The number of rotatable bonds is 4. The molecule has 1 saturated heterocycles. The molecule has 4 rings (SSSR count). The van der Waals surface area contributed by atoms with Gasteiger partial charge in [-0.1, -0.05) is 18.2 Å². The van der Waals surface area contributed by atoms with E-state index in [2.05, 4.69) is 0 Å². The lowest BCUT2D eigenvalue weighted by Gasteiger charge is -2.26. The summed E-state index contributed by atoms with van der Waals surface area (Å²) >= 11 is 0. The van der Waals surface area contributed by atoms with E-state index in [0.29, 0.717) is 42.8 Å². The van der Waals surface area contributed by atoms with Crippen molar-refractivity contribution in [3.63, 3.8) is 0 Å². The predicted molar refractivity (Wildman–Crippen MR) is 109 cm³/mol. The normalized spacial score (nSPS) is 15.2. The molecule has 1 aliphatic heterocycles. The summed E-state index contributed by atoms with van der Waals surface area (Å²) in [6.07, 6.45) is 1.44. The number of morpholine rings is 1. The molecule has 8 nitrogen and oxygen atoms in total. The average Bonchev–Trinajstić information content (AvgIpc) is 3.18. The summed E-state index contributed by atoms with van der Waals surface area (Å²) in [6.45, 7) is 1.32. The van der Waals surface area contributed by atoms with Crippen LogP contribution in [-0.2, 0) is 19.5 Å². The fourth-order valence-corrected chi connectivity index (χ4v) is 4.87. The van der Waals surface area contributed by atoms with Crippen LogP contribution in [0.5, 0.6) is 0 Å². The van der Waals surface area contributed by atoms with E-state index < -0.39 is 16.0 Å². The highest BCUT2D eigenvalue weighted by Crippen LogP contribution is 2.24. The highest BCUT2D eigenvalue weighted by molar-refractivity contribution is 7.89. The van der Waals surface area contributed by atoms with E-state index in [1.807, 2.05) is 0 Å². The van der Waals surface area contributed by atoms with Crippen LogP contribution in [0.3, 0.4) is 0 Å². The Balaban J connectivity index is 1.67. The lowest BCUT2D eigenvalue weighted by molar-refractivity contribution is 0.0603. The van der Waals surface area contributed by atoms with Crippen LogP contribution in [0.25, 0.3) is 10.9 Å². The number of nitrogens with zero attached hydrogens (tertiary/aromatic N) is 2. The molecule has 0 amide bonds. The van der Waals surface area contributed by atoms with Crippen molar-refractivity contribution in [3.05, 3.63) is 65.9 Å². The van der Waals surface area contributed by atoms with E-state index in [-0.39, 0.29) is 16.4 Å². The molecule has 0 spiro atoms. The van der Waals surface area contributed by atoms with Gasteiger partial charge in [-0.2, -0.15) is 4.31 Å². The number of esters is 1. The molecule has 1 fully saturated rings. The number of sulfonamides is 1. The Labute approximate surface area is 173 Å². The number of hydrogen-bond donors (Lipinski definition) is 0. The number of ether oxygens (including phenoxy) is 2. The molecule has 3 aromatic rings. The van der Waals surface area contributed by atoms with Gasteiger partial charge in [-0.3, -0.25) is 9.36 Å². The van der Waals surface area contributed by atoms with Crippen LogP contribution in [0.4, 0.5) is 0 Å². The van der Waals surface area contributed by atoms with Gasteiger partial charge in [0.2, 0.25) is 10.0 Å². The second-order valence-corrected chi connectivity index (χ2v) is 8.71. The molecule has 0 radical (unpaired) electrons. The van der Waals surface area contributed by atoms with Crippen molar-refractivity contribution < 1.29 is 27.5 Å². The molecule has 0 saturated carbocycles. The Morgan fingerprint density at radius 2 is 1.67 bits per heavy atom. The maximum absolute atomic E-state index is 13.1. The number of hydrogen-bond acceptors (Lipinski definition) is 6. The lowest BCUT2D eigenvalue weighted by Crippen LogP contribution is -2.40. The minimum atomic E-state index is -3.64. The van der Waals surface area contributed by atoms with Gasteiger partial charge in [0, 0.05) is 30.2 Å². The predicted octanol–water partition coefficient (Wildman–Crippen LogP) is 2.14. The molecule has 2 heterocycles. The number of carbonyl (C=O) groups excluding carboxylic acids is 2. The van der Waals surface area contributed by atoms with Crippen molar-refractivity contribution in [2.75, 3.05) is 33.4 Å². The van der Waals surface area contributed by atoms with Gasteiger partial charge in [-0.05, 0) is 30.3 Å². The number of aromatic nitrogens is 1. The van der Waals surface area contributed by atoms with Gasteiger partial charge < -0.3 is 9.47 Å². The van der Waals surface area contributed by atoms with E-state index in [0.717, 1.165) is 0 Å². The quantitative estimate of drug-likeness (QED) is 0.591. The first-order chi connectivity index (χ1) is 14.4. The molecular weight excluding hydrogens is 408 g/mol. The fourth-order valence-electron chi connectivity index (χ4n) is 3.46. The first-order valence-electron chi connectivity index (χ1n) is 9.34. The van der Waals surface area contributed by atoms with Gasteiger partial charge in [0.05, 0.1) is 36.3 Å². The van der Waals surface area contributed by atoms with Crippen molar-refractivity contribution in [2.24, 2.45) is 0 Å². The van der Waals surface area contributed by atoms with E-state index in [9.17, 15) is 18.0 Å². The van der Waals surface area contributed by atoms with Crippen LogP contribution in [0.15, 0.2) is 59.6 Å². The van der Waals surface area contributed by atoms with Crippen molar-refractivity contribution in [3.8, 4) is 0 Å². The van der Waals surface area contributed by atoms with Crippen molar-refractivity contribution in [1.29, 1.82) is 0 Å². The van der Waals surface area contributed by atoms with Gasteiger partial charge in [0.25, 0.3) is 5.91 Å². The number of benzene rings is 2. The summed E-state index contributed by atoms with van der Waals surface area (Å²) in [5, 5.41) is 0.601. The largest absolute Gasteiger partial charge is 0.465 e. The summed E-state index contributed by atoms with van der Waals surface area (Å²) in [6, 6.07) is 12.8. The van der Waals surface area contributed by atoms with Crippen molar-refractivity contribution in [2.45, 2.75) is 4.90 Å². The number of carbonyl (C=O) groups is 2. The smallest absolute Gasteiger partial charge is 0.340 e. The second kappa shape index (κ2) is 8.02. The van der Waals surface area contributed by atoms with Crippen LogP contribution in [-0.4, -0.2) is 62.6 Å². The lowest BCUT2D eigenvalue weighted by atomic mass is 10.2. The SMILES string of the molecule is COC(=O)c1cn(C(=O)c2ccc(S(=O)(=O)N3CCOCC3)cc2)c2ccccc12. The third-order valence-electron chi connectivity index (χ3n) is 5.05. The molecule has 0 aliphatic carbocycles. The fraction of sp³-hybridized carbons (Fsp3) is 0.238. The molecule has 0 N–H and O–H groups in total. The van der Waals surface area contributed by atoms with Gasteiger partial charge in [0.15, 0.2) is 0 Å². The Bertz CT molecular complexity index is 1210. The van der Waals surface area contributed by atoms with E-state index in [1.165, 1.54) is 46.4 Å². The molecule has 1 aromatic heterocycles. The van der Waals surface area contributed by atoms with Gasteiger partial charge in [-0.25, -0.2) is 13.2 Å². The monoisotopic (exact) mass is 428 g/mol. The summed E-state index contributed by atoms with van der Waals surface area (Å²) in [5.41, 5.74) is 1.15.